The number of benzene rings is 1. The van der Waals surface area contributed by atoms with Gasteiger partial charge in [-0.15, -0.1) is 0 Å². The SMILES string of the molecule is NC(CN(Cc1cccc(Cl)c1)C1CCCC1)=NO. The van der Waals surface area contributed by atoms with Crippen LogP contribution in [0.2, 0.25) is 5.02 Å². The van der Waals surface area contributed by atoms with Gasteiger partial charge in [-0.1, -0.05) is 41.7 Å². The molecular weight excluding hydrogens is 262 g/mol. The summed E-state index contributed by atoms with van der Waals surface area (Å²) in [7, 11) is 0. The van der Waals surface area contributed by atoms with Crippen LogP contribution in [0, 0.1) is 0 Å². The average Bonchev–Trinajstić information content (AvgIpc) is 2.91. The summed E-state index contributed by atoms with van der Waals surface area (Å²) in [5.41, 5.74) is 6.81. The first-order valence-electron chi connectivity index (χ1n) is 6.64. The van der Waals surface area contributed by atoms with Gasteiger partial charge < -0.3 is 10.9 Å². The molecule has 104 valence electrons. The highest BCUT2D eigenvalue weighted by molar-refractivity contribution is 6.30. The summed E-state index contributed by atoms with van der Waals surface area (Å²) in [6, 6.07) is 8.36. The second-order valence-corrected chi connectivity index (χ2v) is 5.50. The zero-order valence-corrected chi connectivity index (χ0v) is 11.7. The summed E-state index contributed by atoms with van der Waals surface area (Å²) in [5.74, 6) is 0.258. The molecule has 1 saturated carbocycles. The lowest BCUT2D eigenvalue weighted by molar-refractivity contribution is 0.214. The van der Waals surface area contributed by atoms with Gasteiger partial charge in [-0.25, -0.2) is 0 Å². The lowest BCUT2D eigenvalue weighted by Crippen LogP contribution is -2.39. The van der Waals surface area contributed by atoms with Crippen LogP contribution in [0.25, 0.3) is 0 Å². The molecule has 1 aliphatic rings. The molecule has 0 bridgehead atoms. The highest BCUT2D eigenvalue weighted by Gasteiger charge is 2.23. The molecule has 1 fully saturated rings. The highest BCUT2D eigenvalue weighted by Crippen LogP contribution is 2.25. The van der Waals surface area contributed by atoms with E-state index in [2.05, 4.69) is 16.1 Å². The molecule has 0 aromatic heterocycles. The van der Waals surface area contributed by atoms with Crippen LogP contribution in [0.15, 0.2) is 29.4 Å². The van der Waals surface area contributed by atoms with Crippen LogP contribution in [0.3, 0.4) is 0 Å². The second kappa shape index (κ2) is 6.78. The largest absolute Gasteiger partial charge is 0.409 e. The molecule has 0 saturated heterocycles. The first kappa shape index (κ1) is 14.2. The van der Waals surface area contributed by atoms with E-state index in [1.54, 1.807) is 0 Å². The first-order chi connectivity index (χ1) is 9.19. The van der Waals surface area contributed by atoms with Crippen LogP contribution >= 0.6 is 11.6 Å². The third-order valence-corrected chi connectivity index (χ3v) is 3.84. The fraction of sp³-hybridized carbons (Fsp3) is 0.500. The van der Waals surface area contributed by atoms with Crippen molar-refractivity contribution < 1.29 is 5.21 Å². The molecule has 19 heavy (non-hydrogen) atoms. The predicted octanol–water partition coefficient (Wildman–Crippen LogP) is 2.83. The smallest absolute Gasteiger partial charge is 0.153 e. The van der Waals surface area contributed by atoms with E-state index in [4.69, 9.17) is 22.5 Å². The molecule has 1 aromatic carbocycles. The van der Waals surface area contributed by atoms with E-state index in [0.717, 1.165) is 17.1 Å². The Labute approximate surface area is 118 Å². The minimum Gasteiger partial charge on any atom is -0.409 e. The number of amidine groups is 1. The Morgan fingerprint density at radius 1 is 1.42 bits per heavy atom. The van der Waals surface area contributed by atoms with Gasteiger partial charge in [0.05, 0.1) is 6.54 Å². The van der Waals surface area contributed by atoms with Crippen LogP contribution in [0.4, 0.5) is 0 Å². The Morgan fingerprint density at radius 2 is 2.16 bits per heavy atom. The van der Waals surface area contributed by atoms with Crippen molar-refractivity contribution in [1.82, 2.24) is 4.90 Å². The van der Waals surface area contributed by atoms with E-state index in [-0.39, 0.29) is 5.84 Å². The molecule has 0 atom stereocenters. The van der Waals surface area contributed by atoms with E-state index in [9.17, 15) is 0 Å². The van der Waals surface area contributed by atoms with Crippen molar-refractivity contribution >= 4 is 17.4 Å². The molecule has 0 unspecified atom stereocenters. The molecule has 0 aliphatic heterocycles. The highest BCUT2D eigenvalue weighted by atomic mass is 35.5. The van der Waals surface area contributed by atoms with Crippen molar-refractivity contribution in [1.29, 1.82) is 0 Å². The van der Waals surface area contributed by atoms with Crippen LogP contribution in [-0.4, -0.2) is 28.5 Å². The van der Waals surface area contributed by atoms with Gasteiger partial charge in [-0.2, -0.15) is 0 Å². The summed E-state index contributed by atoms with van der Waals surface area (Å²) < 4.78 is 0. The summed E-state index contributed by atoms with van der Waals surface area (Å²) in [4.78, 5) is 2.27. The Morgan fingerprint density at radius 3 is 2.79 bits per heavy atom. The standard InChI is InChI=1S/C14H20ClN3O/c15-12-5-3-4-11(8-12)9-18(10-14(16)17-19)13-6-1-2-7-13/h3-5,8,13,19H,1-2,6-7,9-10H2,(H2,16,17). The summed E-state index contributed by atoms with van der Waals surface area (Å²) in [6.45, 7) is 1.27. The van der Waals surface area contributed by atoms with E-state index >= 15 is 0 Å². The summed E-state index contributed by atoms with van der Waals surface area (Å²) in [5, 5.41) is 12.6. The van der Waals surface area contributed by atoms with Crippen LogP contribution < -0.4 is 5.73 Å². The Hall–Kier alpha value is -1.26. The molecule has 0 heterocycles. The number of hydrogen-bond acceptors (Lipinski definition) is 3. The molecule has 3 N–H and O–H groups in total. The molecule has 0 spiro atoms. The minimum absolute atomic E-state index is 0.258. The third-order valence-electron chi connectivity index (χ3n) is 3.61. The first-order valence-corrected chi connectivity index (χ1v) is 7.01. The van der Waals surface area contributed by atoms with Gasteiger partial charge in [0.25, 0.3) is 0 Å². The number of hydrogen-bond donors (Lipinski definition) is 2. The van der Waals surface area contributed by atoms with Crippen LogP contribution in [0.1, 0.15) is 31.2 Å². The zero-order valence-electron chi connectivity index (χ0n) is 10.9. The van der Waals surface area contributed by atoms with Gasteiger partial charge in [0.2, 0.25) is 0 Å². The maximum atomic E-state index is 8.75. The topological polar surface area (TPSA) is 61.8 Å². The fourth-order valence-corrected chi connectivity index (χ4v) is 2.91. The second-order valence-electron chi connectivity index (χ2n) is 5.06. The summed E-state index contributed by atoms with van der Waals surface area (Å²) >= 11 is 6.01. The van der Waals surface area contributed by atoms with E-state index in [1.165, 1.54) is 25.7 Å². The van der Waals surface area contributed by atoms with Crippen molar-refractivity contribution in [2.45, 2.75) is 38.3 Å². The van der Waals surface area contributed by atoms with Crippen molar-refractivity contribution in [2.24, 2.45) is 10.9 Å². The molecule has 0 amide bonds. The number of halogens is 1. The van der Waals surface area contributed by atoms with E-state index in [0.29, 0.717) is 12.6 Å². The zero-order chi connectivity index (χ0) is 13.7. The van der Waals surface area contributed by atoms with Gasteiger partial charge in [0, 0.05) is 17.6 Å². The van der Waals surface area contributed by atoms with Crippen molar-refractivity contribution in [2.75, 3.05) is 6.54 Å². The maximum Gasteiger partial charge on any atom is 0.153 e. The Kier molecular flexibility index (Phi) is 5.05. The van der Waals surface area contributed by atoms with Gasteiger partial charge in [0.15, 0.2) is 5.84 Å². The van der Waals surface area contributed by atoms with Crippen molar-refractivity contribution in [3.8, 4) is 0 Å². The van der Waals surface area contributed by atoms with E-state index < -0.39 is 0 Å². The fourth-order valence-electron chi connectivity index (χ4n) is 2.69. The molecule has 4 nitrogen and oxygen atoms in total. The van der Waals surface area contributed by atoms with Gasteiger partial charge >= 0.3 is 0 Å². The number of rotatable bonds is 5. The van der Waals surface area contributed by atoms with Crippen LogP contribution in [-0.2, 0) is 6.54 Å². The molecule has 1 aliphatic carbocycles. The van der Waals surface area contributed by atoms with Crippen molar-refractivity contribution in [3.63, 3.8) is 0 Å². The maximum absolute atomic E-state index is 8.75. The molecule has 5 heteroatoms. The van der Waals surface area contributed by atoms with Gasteiger partial charge in [0.1, 0.15) is 0 Å². The molecular formula is C14H20ClN3O. The lowest BCUT2D eigenvalue weighted by Gasteiger charge is -2.28. The number of nitrogens with zero attached hydrogens (tertiary/aromatic N) is 2. The summed E-state index contributed by atoms with van der Waals surface area (Å²) in [6.07, 6.45) is 4.87. The van der Waals surface area contributed by atoms with Crippen molar-refractivity contribution in [3.05, 3.63) is 34.9 Å². The normalized spacial score (nSPS) is 17.3. The minimum atomic E-state index is 0.258. The average molecular weight is 282 g/mol. The lowest BCUT2D eigenvalue weighted by atomic mass is 10.1. The number of oxime groups is 1. The Balaban J connectivity index is 2.08. The molecule has 1 aromatic rings. The predicted molar refractivity (Wildman–Crippen MR) is 77.5 cm³/mol. The number of nitrogens with two attached hydrogens (primary N) is 1. The van der Waals surface area contributed by atoms with Gasteiger partial charge in [-0.3, -0.25) is 4.90 Å². The monoisotopic (exact) mass is 281 g/mol. The molecule has 0 radical (unpaired) electrons. The third kappa shape index (κ3) is 4.11. The van der Waals surface area contributed by atoms with Gasteiger partial charge in [-0.05, 0) is 30.5 Å². The Bertz CT molecular complexity index is 444. The quantitative estimate of drug-likeness (QED) is 0.378. The van der Waals surface area contributed by atoms with Crippen LogP contribution in [0.5, 0.6) is 0 Å². The molecule has 2 rings (SSSR count). The van der Waals surface area contributed by atoms with E-state index in [1.807, 2.05) is 18.2 Å².